The first-order chi connectivity index (χ1) is 7.68. The zero-order valence-electron chi connectivity index (χ0n) is 9.87. The highest BCUT2D eigenvalue weighted by molar-refractivity contribution is 9.10. The summed E-state index contributed by atoms with van der Waals surface area (Å²) >= 11 is 5.37. The Bertz CT molecular complexity index is 334. The summed E-state index contributed by atoms with van der Waals surface area (Å²) in [7, 11) is 2.25. The minimum Gasteiger partial charge on any atom is -0.315 e. The predicted molar refractivity (Wildman–Crippen MR) is 74.1 cm³/mol. The van der Waals surface area contributed by atoms with E-state index >= 15 is 0 Å². The molecule has 2 rings (SSSR count). The molecule has 1 aromatic rings. The van der Waals surface area contributed by atoms with E-state index in [-0.39, 0.29) is 0 Å². The van der Waals surface area contributed by atoms with Crippen molar-refractivity contribution in [1.82, 2.24) is 10.2 Å². The van der Waals surface area contributed by atoms with Gasteiger partial charge in [-0.25, -0.2) is 0 Å². The quantitative estimate of drug-likeness (QED) is 0.922. The predicted octanol–water partition coefficient (Wildman–Crippen LogP) is 3.26. The van der Waals surface area contributed by atoms with Gasteiger partial charge >= 0.3 is 0 Å². The van der Waals surface area contributed by atoms with E-state index in [9.17, 15) is 0 Å². The lowest BCUT2D eigenvalue weighted by molar-refractivity contribution is 0.158. The molecule has 1 aliphatic rings. The van der Waals surface area contributed by atoms with Crippen molar-refractivity contribution < 1.29 is 0 Å². The summed E-state index contributed by atoms with van der Waals surface area (Å²) in [6, 6.07) is 3.44. The van der Waals surface area contributed by atoms with Crippen LogP contribution in [0.15, 0.2) is 15.9 Å². The van der Waals surface area contributed by atoms with Crippen molar-refractivity contribution in [1.29, 1.82) is 0 Å². The lowest BCUT2D eigenvalue weighted by Gasteiger charge is -2.35. The van der Waals surface area contributed by atoms with E-state index in [4.69, 9.17) is 0 Å². The van der Waals surface area contributed by atoms with Gasteiger partial charge in [0.05, 0.1) is 0 Å². The van der Waals surface area contributed by atoms with Crippen LogP contribution >= 0.6 is 27.3 Å². The van der Waals surface area contributed by atoms with Crippen LogP contribution in [0.5, 0.6) is 0 Å². The fourth-order valence-electron chi connectivity index (χ4n) is 2.25. The maximum Gasteiger partial charge on any atom is 0.0414 e. The van der Waals surface area contributed by atoms with Gasteiger partial charge in [0.2, 0.25) is 0 Å². The summed E-state index contributed by atoms with van der Waals surface area (Å²) in [5.74, 6) is 0. The number of nitrogens with one attached hydrogen (secondary N) is 1. The lowest BCUT2D eigenvalue weighted by Crippen LogP contribution is -2.44. The van der Waals surface area contributed by atoms with Gasteiger partial charge in [-0.3, -0.25) is 4.90 Å². The molecule has 1 N–H and O–H groups in total. The summed E-state index contributed by atoms with van der Waals surface area (Å²) in [4.78, 5) is 3.95. The first kappa shape index (κ1) is 12.6. The van der Waals surface area contributed by atoms with Crippen LogP contribution < -0.4 is 5.32 Å². The molecule has 16 heavy (non-hydrogen) atoms. The number of hydrogen-bond acceptors (Lipinski definition) is 3. The Morgan fingerprint density at radius 3 is 3.00 bits per heavy atom. The van der Waals surface area contributed by atoms with Crippen LogP contribution in [0.1, 0.15) is 30.7 Å². The molecular formula is C12H19BrN2S. The molecule has 1 aromatic heterocycles. The molecule has 4 heteroatoms. The first-order valence-electron chi connectivity index (χ1n) is 5.85. The molecule has 1 fully saturated rings. The van der Waals surface area contributed by atoms with Gasteiger partial charge in [0.25, 0.3) is 0 Å². The Balaban J connectivity index is 2.00. The zero-order valence-corrected chi connectivity index (χ0v) is 12.3. The second kappa shape index (κ2) is 5.63. The molecule has 0 aromatic carbocycles. The zero-order chi connectivity index (χ0) is 11.5. The highest BCUT2D eigenvalue weighted by Crippen LogP contribution is 2.30. The molecule has 90 valence electrons. The first-order valence-corrected chi connectivity index (χ1v) is 7.52. The average molecular weight is 303 g/mol. The van der Waals surface area contributed by atoms with E-state index in [1.54, 1.807) is 0 Å². The summed E-state index contributed by atoms with van der Waals surface area (Å²) in [6.07, 6.45) is 2.62. The van der Waals surface area contributed by atoms with Crippen LogP contribution in [0.4, 0.5) is 0 Å². The molecular weight excluding hydrogens is 284 g/mol. The normalized spacial score (nSPS) is 23.6. The van der Waals surface area contributed by atoms with Crippen molar-refractivity contribution >= 4 is 27.3 Å². The topological polar surface area (TPSA) is 15.3 Å². The fraction of sp³-hybridized carbons (Fsp3) is 0.667. The fourth-order valence-corrected chi connectivity index (χ4v) is 3.80. The molecule has 2 heterocycles. The Morgan fingerprint density at radius 1 is 1.62 bits per heavy atom. The Labute approximate surface area is 110 Å². The van der Waals surface area contributed by atoms with Crippen molar-refractivity contribution in [3.63, 3.8) is 0 Å². The van der Waals surface area contributed by atoms with Crippen LogP contribution in [0.25, 0.3) is 0 Å². The average Bonchev–Trinajstić information content (AvgIpc) is 2.75. The summed E-state index contributed by atoms with van der Waals surface area (Å²) in [6.45, 7) is 4.61. The number of nitrogens with zero attached hydrogens (tertiary/aromatic N) is 1. The maximum absolute atomic E-state index is 3.53. The van der Waals surface area contributed by atoms with Gasteiger partial charge < -0.3 is 5.32 Å². The van der Waals surface area contributed by atoms with Crippen LogP contribution in [-0.4, -0.2) is 31.1 Å². The number of likely N-dealkylation sites (N-methyl/N-ethyl adjacent to an activating group) is 1. The third-order valence-electron chi connectivity index (χ3n) is 3.46. The van der Waals surface area contributed by atoms with Crippen LogP contribution in [0, 0.1) is 0 Å². The Hall–Kier alpha value is 0.1000. The van der Waals surface area contributed by atoms with Crippen LogP contribution in [0.3, 0.4) is 0 Å². The minimum absolute atomic E-state index is 0.515. The van der Waals surface area contributed by atoms with Crippen molar-refractivity contribution in [2.75, 3.05) is 20.1 Å². The number of thiophene rings is 1. The molecule has 0 saturated carbocycles. The number of hydrogen-bond donors (Lipinski definition) is 1. The highest BCUT2D eigenvalue weighted by atomic mass is 79.9. The standard InChI is InChI=1S/C12H19BrN2S/c1-9(12-6-10(13)8-16-12)15(2)11-4-3-5-14-7-11/h6,8-9,11,14H,3-5,7H2,1-2H3. The van der Waals surface area contributed by atoms with Crippen molar-refractivity contribution in [2.24, 2.45) is 0 Å². The monoisotopic (exact) mass is 302 g/mol. The van der Waals surface area contributed by atoms with Gasteiger partial charge in [0.1, 0.15) is 0 Å². The molecule has 1 saturated heterocycles. The summed E-state index contributed by atoms with van der Waals surface area (Å²) < 4.78 is 1.20. The van der Waals surface area contributed by atoms with Crippen LogP contribution in [0.2, 0.25) is 0 Å². The molecule has 0 radical (unpaired) electrons. The second-order valence-electron chi connectivity index (χ2n) is 4.51. The van der Waals surface area contributed by atoms with Gasteiger partial charge in [-0.05, 0) is 55.4 Å². The molecule has 2 unspecified atom stereocenters. The van der Waals surface area contributed by atoms with Crippen LogP contribution in [-0.2, 0) is 0 Å². The molecule has 0 amide bonds. The van der Waals surface area contributed by atoms with E-state index in [1.807, 2.05) is 11.3 Å². The van der Waals surface area contributed by atoms with Crippen molar-refractivity contribution in [2.45, 2.75) is 31.8 Å². The smallest absolute Gasteiger partial charge is 0.0414 e. The molecule has 1 aliphatic heterocycles. The molecule has 0 bridgehead atoms. The lowest BCUT2D eigenvalue weighted by atomic mass is 10.0. The van der Waals surface area contributed by atoms with Gasteiger partial charge in [0, 0.05) is 33.4 Å². The largest absolute Gasteiger partial charge is 0.315 e. The van der Waals surface area contributed by atoms with E-state index in [1.165, 1.54) is 28.7 Å². The van der Waals surface area contributed by atoms with E-state index in [2.05, 4.69) is 51.6 Å². The van der Waals surface area contributed by atoms with Crippen molar-refractivity contribution in [3.8, 4) is 0 Å². The third kappa shape index (κ3) is 2.86. The third-order valence-corrected chi connectivity index (χ3v) is 5.32. The summed E-state index contributed by atoms with van der Waals surface area (Å²) in [5.41, 5.74) is 0. The van der Waals surface area contributed by atoms with Crippen molar-refractivity contribution in [3.05, 3.63) is 20.8 Å². The molecule has 2 atom stereocenters. The van der Waals surface area contributed by atoms with Gasteiger partial charge in [0.15, 0.2) is 0 Å². The Morgan fingerprint density at radius 2 is 2.44 bits per heavy atom. The number of rotatable bonds is 3. The van der Waals surface area contributed by atoms with E-state index < -0.39 is 0 Å². The van der Waals surface area contributed by atoms with Gasteiger partial charge in [-0.1, -0.05) is 0 Å². The van der Waals surface area contributed by atoms with Gasteiger partial charge in [-0.2, -0.15) is 0 Å². The Kier molecular flexibility index (Phi) is 4.41. The molecule has 0 spiro atoms. The number of piperidine rings is 1. The van der Waals surface area contributed by atoms with E-state index in [0.29, 0.717) is 12.1 Å². The number of halogens is 1. The summed E-state index contributed by atoms with van der Waals surface area (Å²) in [5, 5.41) is 5.65. The minimum atomic E-state index is 0.515. The van der Waals surface area contributed by atoms with Gasteiger partial charge in [-0.15, -0.1) is 11.3 Å². The van der Waals surface area contributed by atoms with E-state index in [0.717, 1.165) is 6.54 Å². The maximum atomic E-state index is 3.53. The molecule has 2 nitrogen and oxygen atoms in total. The molecule has 0 aliphatic carbocycles. The highest BCUT2D eigenvalue weighted by Gasteiger charge is 2.23. The second-order valence-corrected chi connectivity index (χ2v) is 6.37. The SMILES string of the molecule is CC(c1cc(Br)cs1)N(C)C1CCCNC1.